The molecule has 0 spiro atoms. The third kappa shape index (κ3) is 4.78. The van der Waals surface area contributed by atoms with Crippen molar-refractivity contribution >= 4 is 29.7 Å². The quantitative estimate of drug-likeness (QED) is 0.382. The summed E-state index contributed by atoms with van der Waals surface area (Å²) in [7, 11) is 0. The number of piperazine rings is 1. The van der Waals surface area contributed by atoms with Crippen LogP contribution in [-0.2, 0) is 14.3 Å². The number of nitrogens with zero attached hydrogens (tertiary/aromatic N) is 4. The van der Waals surface area contributed by atoms with Crippen LogP contribution in [0.25, 0.3) is 0 Å². The fraction of sp³-hybridized carbons (Fsp3) is 0.474. The van der Waals surface area contributed by atoms with Crippen molar-refractivity contribution < 1.29 is 33.7 Å². The lowest BCUT2D eigenvalue weighted by molar-refractivity contribution is -0.140. The van der Waals surface area contributed by atoms with E-state index < -0.39 is 29.4 Å². The fourth-order valence-corrected chi connectivity index (χ4v) is 3.15. The standard InChI is InChI=1S/C19H23FN4O6/c1-2-30-19(29)23-9-7-22(8-10-23)16-14(20)5-6-15(21-16)24(12-3-4-12)11-13(17(25)26)18(27)28/h5-6,11-12H,2-4,7-10H2,1H3,(H,25,26)(H,27,28). The van der Waals surface area contributed by atoms with Gasteiger partial charge in [-0.2, -0.15) is 0 Å². The van der Waals surface area contributed by atoms with Crippen molar-refractivity contribution in [1.82, 2.24) is 9.88 Å². The highest BCUT2D eigenvalue weighted by Gasteiger charge is 2.32. The topological polar surface area (TPSA) is 124 Å². The van der Waals surface area contributed by atoms with E-state index in [2.05, 4.69) is 4.98 Å². The molecule has 2 fully saturated rings. The number of aromatic nitrogens is 1. The van der Waals surface area contributed by atoms with Crippen LogP contribution in [0.4, 0.5) is 20.8 Å². The van der Waals surface area contributed by atoms with Gasteiger partial charge in [0.05, 0.1) is 6.61 Å². The molecule has 2 N–H and O–H groups in total. The van der Waals surface area contributed by atoms with Gasteiger partial charge in [-0.25, -0.2) is 23.8 Å². The number of pyridine rings is 1. The molecule has 2 heterocycles. The molecular weight excluding hydrogens is 399 g/mol. The van der Waals surface area contributed by atoms with Crippen LogP contribution in [0, 0.1) is 5.82 Å². The van der Waals surface area contributed by atoms with E-state index in [9.17, 15) is 18.8 Å². The number of halogens is 1. The SMILES string of the molecule is CCOC(=O)N1CCN(c2nc(N(C=C(C(=O)O)C(=O)O)C3CC3)ccc2F)CC1. The molecule has 1 aliphatic heterocycles. The van der Waals surface area contributed by atoms with Gasteiger partial charge in [-0.1, -0.05) is 0 Å². The number of rotatable bonds is 7. The number of amides is 1. The van der Waals surface area contributed by atoms with E-state index in [1.165, 1.54) is 21.9 Å². The highest BCUT2D eigenvalue weighted by atomic mass is 19.1. The highest BCUT2D eigenvalue weighted by molar-refractivity contribution is 6.12. The largest absolute Gasteiger partial charge is 0.477 e. The summed E-state index contributed by atoms with van der Waals surface area (Å²) < 4.78 is 19.5. The minimum Gasteiger partial charge on any atom is -0.477 e. The summed E-state index contributed by atoms with van der Waals surface area (Å²) in [6.07, 6.45) is 2.11. The minimum atomic E-state index is -1.56. The van der Waals surface area contributed by atoms with Gasteiger partial charge in [0.15, 0.2) is 17.2 Å². The Hall–Kier alpha value is -3.37. The average molecular weight is 422 g/mol. The highest BCUT2D eigenvalue weighted by Crippen LogP contribution is 2.33. The van der Waals surface area contributed by atoms with Crippen molar-refractivity contribution in [2.24, 2.45) is 0 Å². The van der Waals surface area contributed by atoms with Crippen LogP contribution >= 0.6 is 0 Å². The van der Waals surface area contributed by atoms with Crippen LogP contribution in [0.15, 0.2) is 23.9 Å². The summed E-state index contributed by atoms with van der Waals surface area (Å²) in [5, 5.41) is 18.3. The second kappa shape index (κ2) is 8.97. The van der Waals surface area contributed by atoms with Crippen molar-refractivity contribution in [3.63, 3.8) is 0 Å². The number of aliphatic carboxylic acids is 2. The molecule has 0 radical (unpaired) electrons. The molecule has 3 rings (SSSR count). The third-order valence-electron chi connectivity index (χ3n) is 4.85. The second-order valence-electron chi connectivity index (χ2n) is 6.94. The summed E-state index contributed by atoms with van der Waals surface area (Å²) >= 11 is 0. The summed E-state index contributed by atoms with van der Waals surface area (Å²) in [5.74, 6) is -3.35. The van der Waals surface area contributed by atoms with Gasteiger partial charge in [0.1, 0.15) is 5.82 Å². The zero-order chi connectivity index (χ0) is 21.8. The summed E-state index contributed by atoms with van der Waals surface area (Å²) in [4.78, 5) is 43.4. The zero-order valence-electron chi connectivity index (χ0n) is 16.5. The number of anilines is 2. The lowest BCUT2D eigenvalue weighted by atomic mass is 10.2. The number of hydrogen-bond donors (Lipinski definition) is 2. The van der Waals surface area contributed by atoms with Gasteiger partial charge >= 0.3 is 18.0 Å². The van der Waals surface area contributed by atoms with Crippen molar-refractivity contribution in [3.8, 4) is 0 Å². The van der Waals surface area contributed by atoms with E-state index >= 15 is 0 Å². The zero-order valence-corrected chi connectivity index (χ0v) is 16.5. The van der Waals surface area contributed by atoms with Crippen LogP contribution in [-0.4, -0.2) is 77.0 Å². The molecule has 162 valence electrons. The van der Waals surface area contributed by atoms with Gasteiger partial charge < -0.3 is 29.6 Å². The molecule has 0 atom stereocenters. The third-order valence-corrected chi connectivity index (χ3v) is 4.85. The summed E-state index contributed by atoms with van der Waals surface area (Å²) in [6.45, 7) is 3.38. The first-order valence-corrected chi connectivity index (χ1v) is 9.61. The van der Waals surface area contributed by atoms with Gasteiger partial charge in [0.2, 0.25) is 0 Å². The molecule has 1 saturated carbocycles. The molecule has 0 aromatic carbocycles. The van der Waals surface area contributed by atoms with E-state index in [4.69, 9.17) is 14.9 Å². The molecule has 0 unspecified atom stereocenters. The molecule has 1 aromatic rings. The van der Waals surface area contributed by atoms with Gasteiger partial charge in [0, 0.05) is 38.4 Å². The van der Waals surface area contributed by atoms with Crippen LogP contribution < -0.4 is 9.80 Å². The monoisotopic (exact) mass is 422 g/mol. The van der Waals surface area contributed by atoms with Gasteiger partial charge in [0.25, 0.3) is 0 Å². The predicted octanol–water partition coefficient (Wildman–Crippen LogP) is 1.52. The number of carbonyl (C=O) groups excluding carboxylic acids is 1. The second-order valence-corrected chi connectivity index (χ2v) is 6.94. The first-order chi connectivity index (χ1) is 14.3. The molecule has 1 amide bonds. The number of carboxylic acid groups (broad SMARTS) is 2. The minimum absolute atomic E-state index is 0.0715. The van der Waals surface area contributed by atoms with E-state index in [1.54, 1.807) is 11.8 Å². The summed E-state index contributed by atoms with van der Waals surface area (Å²) in [6, 6.07) is 2.52. The Labute approximate surface area is 172 Å². The molecule has 30 heavy (non-hydrogen) atoms. The molecule has 1 aliphatic carbocycles. The predicted molar refractivity (Wildman–Crippen MR) is 104 cm³/mol. The first kappa shape index (κ1) is 21.3. The number of carboxylic acids is 2. The average Bonchev–Trinajstić information content (AvgIpc) is 3.54. The summed E-state index contributed by atoms with van der Waals surface area (Å²) in [5.41, 5.74) is -0.794. The maximum Gasteiger partial charge on any atom is 0.409 e. The molecule has 1 aromatic heterocycles. The Balaban J connectivity index is 1.82. The number of carbonyl (C=O) groups is 3. The fourth-order valence-electron chi connectivity index (χ4n) is 3.15. The molecular formula is C19H23FN4O6. The molecule has 11 heteroatoms. The molecule has 10 nitrogen and oxygen atoms in total. The smallest absolute Gasteiger partial charge is 0.409 e. The lowest BCUT2D eigenvalue weighted by Gasteiger charge is -2.35. The Morgan fingerprint density at radius 1 is 1.20 bits per heavy atom. The molecule has 0 bridgehead atoms. The normalized spacial score (nSPS) is 16.1. The van der Waals surface area contributed by atoms with Crippen molar-refractivity contribution in [2.45, 2.75) is 25.8 Å². The van der Waals surface area contributed by atoms with E-state index in [-0.39, 0.29) is 24.3 Å². The number of ether oxygens (including phenoxy) is 1. The van der Waals surface area contributed by atoms with Crippen molar-refractivity contribution in [3.05, 3.63) is 29.7 Å². The maximum atomic E-state index is 14.5. The molecule has 1 saturated heterocycles. The van der Waals surface area contributed by atoms with Crippen molar-refractivity contribution in [2.75, 3.05) is 42.6 Å². The lowest BCUT2D eigenvalue weighted by Crippen LogP contribution is -2.49. The van der Waals surface area contributed by atoms with Crippen LogP contribution in [0.3, 0.4) is 0 Å². The van der Waals surface area contributed by atoms with Crippen LogP contribution in [0.5, 0.6) is 0 Å². The Bertz CT molecular complexity index is 849. The van der Waals surface area contributed by atoms with Gasteiger partial charge in [-0.15, -0.1) is 0 Å². The Kier molecular flexibility index (Phi) is 6.38. The van der Waals surface area contributed by atoms with Crippen LogP contribution in [0.1, 0.15) is 19.8 Å². The van der Waals surface area contributed by atoms with Gasteiger partial charge in [-0.05, 0) is 31.9 Å². The maximum absolute atomic E-state index is 14.5. The van der Waals surface area contributed by atoms with E-state index in [0.29, 0.717) is 26.2 Å². The van der Waals surface area contributed by atoms with Gasteiger partial charge in [-0.3, -0.25) is 0 Å². The molecule has 2 aliphatic rings. The Morgan fingerprint density at radius 3 is 2.37 bits per heavy atom. The van der Waals surface area contributed by atoms with E-state index in [0.717, 1.165) is 19.0 Å². The van der Waals surface area contributed by atoms with E-state index in [1.807, 2.05) is 0 Å². The number of hydrogen-bond acceptors (Lipinski definition) is 7. The Morgan fingerprint density at radius 2 is 1.83 bits per heavy atom. The van der Waals surface area contributed by atoms with Crippen molar-refractivity contribution in [1.29, 1.82) is 0 Å². The van der Waals surface area contributed by atoms with Crippen LogP contribution in [0.2, 0.25) is 0 Å². The first-order valence-electron chi connectivity index (χ1n) is 9.61.